The number of ether oxygens (including phenoxy) is 1. The molecule has 16 heavy (non-hydrogen) atoms. The number of hydrogen-bond acceptors (Lipinski definition) is 3. The number of nitrogens with two attached hydrogens (primary N) is 2. The summed E-state index contributed by atoms with van der Waals surface area (Å²) in [6, 6.07) is 6.26. The summed E-state index contributed by atoms with van der Waals surface area (Å²) in [5, 5.41) is 0. The Labute approximate surface area is 93.4 Å². The summed E-state index contributed by atoms with van der Waals surface area (Å²) in [5.74, 6) is 0.135. The van der Waals surface area contributed by atoms with Crippen molar-refractivity contribution in [3.8, 4) is 5.75 Å². The first-order valence-electron chi connectivity index (χ1n) is 5.14. The van der Waals surface area contributed by atoms with Gasteiger partial charge in [0.25, 0.3) is 0 Å². The summed E-state index contributed by atoms with van der Waals surface area (Å²) >= 11 is 0. The average Bonchev–Trinajstić information content (AvgIpc) is 2.25. The molecule has 1 rings (SSSR count). The van der Waals surface area contributed by atoms with Gasteiger partial charge in [-0.3, -0.25) is 0 Å². The Morgan fingerprint density at radius 1 is 1.31 bits per heavy atom. The van der Waals surface area contributed by atoms with E-state index in [0.29, 0.717) is 6.54 Å². The van der Waals surface area contributed by atoms with E-state index in [1.807, 2.05) is 0 Å². The molecule has 4 N–H and O–H groups in total. The van der Waals surface area contributed by atoms with Gasteiger partial charge >= 0.3 is 6.61 Å². The van der Waals surface area contributed by atoms with Crippen molar-refractivity contribution in [2.45, 2.75) is 25.5 Å². The fraction of sp³-hybridized carbons (Fsp3) is 0.455. The van der Waals surface area contributed by atoms with Gasteiger partial charge in [-0.1, -0.05) is 12.1 Å². The van der Waals surface area contributed by atoms with Gasteiger partial charge in [0, 0.05) is 6.04 Å². The normalized spacial score (nSPS) is 12.8. The van der Waals surface area contributed by atoms with Crippen molar-refractivity contribution in [1.29, 1.82) is 0 Å². The number of hydrogen-bond donors (Lipinski definition) is 2. The molecular weight excluding hydrogens is 214 g/mol. The van der Waals surface area contributed by atoms with Crippen LogP contribution in [0.5, 0.6) is 5.75 Å². The number of halogens is 2. The summed E-state index contributed by atoms with van der Waals surface area (Å²) < 4.78 is 28.3. The summed E-state index contributed by atoms with van der Waals surface area (Å²) in [4.78, 5) is 0. The van der Waals surface area contributed by atoms with E-state index < -0.39 is 6.61 Å². The van der Waals surface area contributed by atoms with Gasteiger partial charge in [-0.05, 0) is 37.1 Å². The van der Waals surface area contributed by atoms with E-state index in [9.17, 15) is 8.78 Å². The summed E-state index contributed by atoms with van der Waals surface area (Å²) in [6.45, 7) is -2.24. The van der Waals surface area contributed by atoms with E-state index >= 15 is 0 Å². The zero-order chi connectivity index (χ0) is 12.0. The molecule has 0 aliphatic heterocycles. The highest BCUT2D eigenvalue weighted by Crippen LogP contribution is 2.21. The largest absolute Gasteiger partial charge is 0.435 e. The van der Waals surface area contributed by atoms with E-state index in [-0.39, 0.29) is 11.8 Å². The second kappa shape index (κ2) is 6.40. The Bertz CT molecular complexity index is 321. The SMILES string of the molecule is NCCC[C@H](N)c1cccc(OC(F)F)c1. The smallest absolute Gasteiger partial charge is 0.387 e. The van der Waals surface area contributed by atoms with E-state index in [4.69, 9.17) is 11.5 Å². The maximum Gasteiger partial charge on any atom is 0.387 e. The zero-order valence-electron chi connectivity index (χ0n) is 8.90. The third kappa shape index (κ3) is 4.12. The van der Waals surface area contributed by atoms with Gasteiger partial charge in [0.15, 0.2) is 0 Å². The lowest BCUT2D eigenvalue weighted by atomic mass is 10.0. The second-order valence-electron chi connectivity index (χ2n) is 3.49. The first kappa shape index (κ1) is 12.9. The lowest BCUT2D eigenvalue weighted by molar-refractivity contribution is -0.0499. The van der Waals surface area contributed by atoms with Crippen LogP contribution >= 0.6 is 0 Å². The van der Waals surface area contributed by atoms with Crippen molar-refractivity contribution in [2.24, 2.45) is 11.5 Å². The second-order valence-corrected chi connectivity index (χ2v) is 3.49. The fourth-order valence-electron chi connectivity index (χ4n) is 1.43. The van der Waals surface area contributed by atoms with Crippen molar-refractivity contribution in [3.63, 3.8) is 0 Å². The minimum atomic E-state index is -2.81. The molecule has 0 aromatic heterocycles. The van der Waals surface area contributed by atoms with Crippen LogP contribution in [0.3, 0.4) is 0 Å². The van der Waals surface area contributed by atoms with Gasteiger partial charge < -0.3 is 16.2 Å². The van der Waals surface area contributed by atoms with Crippen LogP contribution in [0, 0.1) is 0 Å². The number of benzene rings is 1. The molecule has 1 aromatic carbocycles. The molecule has 0 bridgehead atoms. The monoisotopic (exact) mass is 230 g/mol. The van der Waals surface area contributed by atoms with Crippen molar-refractivity contribution in [2.75, 3.05) is 6.54 Å². The van der Waals surface area contributed by atoms with Gasteiger partial charge in [0.2, 0.25) is 0 Å². The molecule has 0 fully saturated rings. The van der Waals surface area contributed by atoms with Gasteiger partial charge in [0.05, 0.1) is 0 Å². The molecule has 0 saturated heterocycles. The van der Waals surface area contributed by atoms with Crippen LogP contribution < -0.4 is 16.2 Å². The molecule has 0 spiro atoms. The highest BCUT2D eigenvalue weighted by molar-refractivity contribution is 5.30. The number of rotatable bonds is 6. The first-order chi connectivity index (χ1) is 7.63. The molecule has 0 aliphatic carbocycles. The van der Waals surface area contributed by atoms with Crippen LogP contribution in [0.1, 0.15) is 24.4 Å². The first-order valence-corrected chi connectivity index (χ1v) is 5.14. The van der Waals surface area contributed by atoms with Crippen molar-refractivity contribution < 1.29 is 13.5 Å². The van der Waals surface area contributed by atoms with E-state index in [0.717, 1.165) is 18.4 Å². The van der Waals surface area contributed by atoms with Gasteiger partial charge in [-0.25, -0.2) is 0 Å². The summed E-state index contributed by atoms with van der Waals surface area (Å²) in [5.41, 5.74) is 12.0. The van der Waals surface area contributed by atoms with E-state index in [1.54, 1.807) is 12.1 Å². The van der Waals surface area contributed by atoms with E-state index in [1.165, 1.54) is 12.1 Å². The molecule has 1 aromatic rings. The van der Waals surface area contributed by atoms with Crippen molar-refractivity contribution in [1.82, 2.24) is 0 Å². The molecular formula is C11H16F2N2O. The highest BCUT2D eigenvalue weighted by Gasteiger charge is 2.08. The molecule has 0 heterocycles. The number of alkyl halides is 2. The van der Waals surface area contributed by atoms with E-state index in [2.05, 4.69) is 4.74 Å². The third-order valence-corrected chi connectivity index (χ3v) is 2.23. The molecule has 5 heteroatoms. The van der Waals surface area contributed by atoms with Crippen LogP contribution in [0.4, 0.5) is 8.78 Å². The quantitative estimate of drug-likeness (QED) is 0.786. The predicted molar refractivity (Wildman–Crippen MR) is 58.3 cm³/mol. The lowest BCUT2D eigenvalue weighted by Gasteiger charge is -2.13. The van der Waals surface area contributed by atoms with Crippen LogP contribution in [0.25, 0.3) is 0 Å². The lowest BCUT2D eigenvalue weighted by Crippen LogP contribution is -2.13. The fourth-order valence-corrected chi connectivity index (χ4v) is 1.43. The Hall–Kier alpha value is -1.20. The standard InChI is InChI=1S/C11H16F2N2O/c12-11(13)16-9-4-1-3-8(7-9)10(15)5-2-6-14/h1,3-4,7,10-11H,2,5-6,14-15H2/t10-/m0/s1. The Balaban J connectivity index is 2.65. The molecule has 3 nitrogen and oxygen atoms in total. The molecule has 0 aliphatic rings. The molecule has 0 unspecified atom stereocenters. The summed E-state index contributed by atoms with van der Waals surface area (Å²) in [7, 11) is 0. The molecule has 0 amide bonds. The third-order valence-electron chi connectivity index (χ3n) is 2.23. The van der Waals surface area contributed by atoms with Crippen molar-refractivity contribution >= 4 is 0 Å². The molecule has 1 atom stereocenters. The highest BCUT2D eigenvalue weighted by atomic mass is 19.3. The Kier molecular flexibility index (Phi) is 5.14. The Morgan fingerprint density at radius 3 is 2.69 bits per heavy atom. The minimum absolute atomic E-state index is 0.135. The topological polar surface area (TPSA) is 61.3 Å². The Morgan fingerprint density at radius 2 is 2.06 bits per heavy atom. The maximum absolute atomic E-state index is 12.0. The molecule has 90 valence electrons. The molecule has 0 saturated carbocycles. The van der Waals surface area contributed by atoms with Gasteiger partial charge in [-0.2, -0.15) is 8.78 Å². The van der Waals surface area contributed by atoms with Crippen LogP contribution in [-0.4, -0.2) is 13.2 Å². The van der Waals surface area contributed by atoms with Crippen LogP contribution in [0.2, 0.25) is 0 Å². The van der Waals surface area contributed by atoms with Gasteiger partial charge in [-0.15, -0.1) is 0 Å². The van der Waals surface area contributed by atoms with Crippen LogP contribution in [-0.2, 0) is 0 Å². The molecule has 0 radical (unpaired) electrons. The maximum atomic E-state index is 12.0. The van der Waals surface area contributed by atoms with Gasteiger partial charge in [0.1, 0.15) is 5.75 Å². The average molecular weight is 230 g/mol. The van der Waals surface area contributed by atoms with Crippen molar-refractivity contribution in [3.05, 3.63) is 29.8 Å². The summed E-state index contributed by atoms with van der Waals surface area (Å²) in [6.07, 6.45) is 1.54. The predicted octanol–water partition coefficient (Wildman–Crippen LogP) is 2.03. The van der Waals surface area contributed by atoms with Crippen LogP contribution in [0.15, 0.2) is 24.3 Å². The minimum Gasteiger partial charge on any atom is -0.435 e. The zero-order valence-corrected chi connectivity index (χ0v) is 8.90.